The zero-order chi connectivity index (χ0) is 16.1. The van der Waals surface area contributed by atoms with Gasteiger partial charge in [-0.1, -0.05) is 56.3 Å². The normalized spacial score (nSPS) is 10.6. The summed E-state index contributed by atoms with van der Waals surface area (Å²) in [4.78, 5) is 11.9. The molecular weight excluding hydrogens is 276 g/mol. The molecule has 0 aliphatic carbocycles. The predicted molar refractivity (Wildman–Crippen MR) is 87.3 cm³/mol. The van der Waals surface area contributed by atoms with Gasteiger partial charge < -0.3 is 9.47 Å². The Bertz CT molecular complexity index is 622. The Hall–Kier alpha value is -2.29. The fourth-order valence-electron chi connectivity index (χ4n) is 2.31. The molecule has 0 heterocycles. The van der Waals surface area contributed by atoms with Crippen LogP contribution in [0, 0.1) is 13.8 Å². The van der Waals surface area contributed by atoms with E-state index in [0.717, 1.165) is 16.7 Å². The van der Waals surface area contributed by atoms with Gasteiger partial charge in [-0.3, -0.25) is 0 Å². The molecule has 2 aromatic carbocycles. The van der Waals surface area contributed by atoms with Crippen molar-refractivity contribution in [3.63, 3.8) is 0 Å². The third kappa shape index (κ3) is 4.10. The Morgan fingerprint density at radius 2 is 1.64 bits per heavy atom. The van der Waals surface area contributed by atoms with Crippen LogP contribution >= 0.6 is 0 Å². The van der Waals surface area contributed by atoms with E-state index in [-0.39, 0.29) is 6.61 Å². The topological polar surface area (TPSA) is 35.5 Å². The summed E-state index contributed by atoms with van der Waals surface area (Å²) in [6, 6.07) is 13.6. The van der Waals surface area contributed by atoms with E-state index < -0.39 is 6.16 Å². The first kappa shape index (κ1) is 16.1. The second-order valence-electron chi connectivity index (χ2n) is 5.76. The minimum atomic E-state index is -0.674. The van der Waals surface area contributed by atoms with E-state index in [9.17, 15) is 4.79 Å². The van der Waals surface area contributed by atoms with Crippen molar-refractivity contribution in [2.75, 3.05) is 0 Å². The number of hydrogen-bond donors (Lipinski definition) is 0. The van der Waals surface area contributed by atoms with Gasteiger partial charge in [0.1, 0.15) is 12.4 Å². The molecule has 0 saturated heterocycles. The summed E-state index contributed by atoms with van der Waals surface area (Å²) in [6.07, 6.45) is -0.674. The van der Waals surface area contributed by atoms with Crippen LogP contribution in [0.15, 0.2) is 42.5 Å². The molecule has 0 aliphatic rings. The molecule has 22 heavy (non-hydrogen) atoms. The molecule has 2 aromatic rings. The van der Waals surface area contributed by atoms with Gasteiger partial charge in [-0.15, -0.1) is 0 Å². The number of benzene rings is 2. The van der Waals surface area contributed by atoms with Gasteiger partial charge in [-0.25, -0.2) is 4.79 Å². The molecule has 3 heteroatoms. The molecule has 0 N–H and O–H groups in total. The first-order valence-corrected chi connectivity index (χ1v) is 7.47. The quantitative estimate of drug-likeness (QED) is 0.579. The third-order valence-electron chi connectivity index (χ3n) is 3.53. The van der Waals surface area contributed by atoms with E-state index >= 15 is 0 Å². The molecule has 0 aromatic heterocycles. The van der Waals surface area contributed by atoms with Gasteiger partial charge in [0.2, 0.25) is 0 Å². The standard InChI is InChI=1S/C19H22O3/c1-13(2)17-10-14(3)18(15(4)11-17)22-19(20)21-12-16-8-6-5-7-9-16/h5-11,13H,12H2,1-4H3. The number of ether oxygens (including phenoxy) is 2. The van der Waals surface area contributed by atoms with Crippen molar-refractivity contribution in [3.8, 4) is 5.75 Å². The maximum atomic E-state index is 11.9. The summed E-state index contributed by atoms with van der Waals surface area (Å²) in [7, 11) is 0. The molecule has 0 aliphatic heterocycles. The molecule has 0 amide bonds. The van der Waals surface area contributed by atoms with Crippen LogP contribution in [-0.4, -0.2) is 6.16 Å². The molecule has 2 rings (SSSR count). The van der Waals surface area contributed by atoms with Crippen molar-refractivity contribution < 1.29 is 14.3 Å². The minimum Gasteiger partial charge on any atom is -0.429 e. The maximum absolute atomic E-state index is 11.9. The number of carbonyl (C=O) groups is 1. The highest BCUT2D eigenvalue weighted by Gasteiger charge is 2.13. The highest BCUT2D eigenvalue weighted by Crippen LogP contribution is 2.28. The Balaban J connectivity index is 2.02. The van der Waals surface area contributed by atoms with Gasteiger partial charge in [0.25, 0.3) is 0 Å². The Labute approximate surface area is 131 Å². The van der Waals surface area contributed by atoms with Crippen LogP contribution < -0.4 is 4.74 Å². The van der Waals surface area contributed by atoms with Gasteiger partial charge in [0, 0.05) is 0 Å². The van der Waals surface area contributed by atoms with Crippen LogP contribution in [0.4, 0.5) is 4.79 Å². The Morgan fingerprint density at radius 1 is 1.05 bits per heavy atom. The van der Waals surface area contributed by atoms with E-state index in [1.165, 1.54) is 5.56 Å². The van der Waals surface area contributed by atoms with E-state index in [1.54, 1.807) is 0 Å². The minimum absolute atomic E-state index is 0.210. The molecule has 0 saturated carbocycles. The van der Waals surface area contributed by atoms with Gasteiger partial charge in [-0.05, 0) is 42.0 Å². The molecule has 0 bridgehead atoms. The second kappa shape index (κ2) is 7.12. The van der Waals surface area contributed by atoms with E-state index in [1.807, 2.05) is 44.2 Å². The maximum Gasteiger partial charge on any atom is 0.514 e. The second-order valence-corrected chi connectivity index (χ2v) is 5.76. The zero-order valence-electron chi connectivity index (χ0n) is 13.6. The smallest absolute Gasteiger partial charge is 0.429 e. The highest BCUT2D eigenvalue weighted by molar-refractivity contribution is 5.65. The summed E-state index contributed by atoms with van der Waals surface area (Å²) >= 11 is 0. The third-order valence-corrected chi connectivity index (χ3v) is 3.53. The van der Waals surface area contributed by atoms with E-state index in [4.69, 9.17) is 9.47 Å². The summed E-state index contributed by atoms with van der Waals surface area (Å²) < 4.78 is 10.5. The van der Waals surface area contributed by atoms with Crippen LogP contribution in [0.2, 0.25) is 0 Å². The van der Waals surface area contributed by atoms with Crippen molar-refractivity contribution in [2.24, 2.45) is 0 Å². The molecular formula is C19H22O3. The van der Waals surface area contributed by atoms with Crippen LogP contribution in [0.1, 0.15) is 42.0 Å². The molecule has 0 unspecified atom stereocenters. The van der Waals surface area contributed by atoms with Crippen LogP contribution in [0.3, 0.4) is 0 Å². The SMILES string of the molecule is Cc1cc(C(C)C)cc(C)c1OC(=O)OCc1ccccc1. The van der Waals surface area contributed by atoms with Crippen molar-refractivity contribution >= 4 is 6.16 Å². The van der Waals surface area contributed by atoms with Gasteiger partial charge in [-0.2, -0.15) is 0 Å². The Morgan fingerprint density at radius 3 is 2.18 bits per heavy atom. The summed E-state index contributed by atoms with van der Waals surface area (Å²) in [6.45, 7) is 8.38. The predicted octanol–water partition coefficient (Wildman–Crippen LogP) is 5.14. The average Bonchev–Trinajstić information content (AvgIpc) is 2.49. The molecule has 116 valence electrons. The first-order chi connectivity index (χ1) is 10.5. The largest absolute Gasteiger partial charge is 0.514 e. The lowest BCUT2D eigenvalue weighted by Gasteiger charge is -2.14. The lowest BCUT2D eigenvalue weighted by molar-refractivity contribution is 0.0922. The fourth-order valence-corrected chi connectivity index (χ4v) is 2.31. The van der Waals surface area contributed by atoms with Crippen molar-refractivity contribution in [1.82, 2.24) is 0 Å². The number of rotatable bonds is 4. The summed E-state index contributed by atoms with van der Waals surface area (Å²) in [5.41, 5.74) is 4.06. The van der Waals surface area contributed by atoms with E-state index in [0.29, 0.717) is 11.7 Å². The van der Waals surface area contributed by atoms with Gasteiger partial charge in [0.15, 0.2) is 0 Å². The van der Waals surface area contributed by atoms with Crippen LogP contribution in [0.5, 0.6) is 5.75 Å². The summed E-state index contributed by atoms with van der Waals surface area (Å²) in [5.74, 6) is 1.03. The van der Waals surface area contributed by atoms with E-state index in [2.05, 4.69) is 26.0 Å². The highest BCUT2D eigenvalue weighted by atomic mass is 16.7. The molecule has 0 spiro atoms. The molecule has 0 atom stereocenters. The van der Waals surface area contributed by atoms with Crippen molar-refractivity contribution in [2.45, 2.75) is 40.2 Å². The average molecular weight is 298 g/mol. The number of carbonyl (C=O) groups excluding carboxylic acids is 1. The molecule has 0 radical (unpaired) electrons. The van der Waals surface area contributed by atoms with Crippen molar-refractivity contribution in [3.05, 3.63) is 64.7 Å². The lowest BCUT2D eigenvalue weighted by Crippen LogP contribution is -2.12. The molecule has 3 nitrogen and oxygen atoms in total. The monoisotopic (exact) mass is 298 g/mol. The summed E-state index contributed by atoms with van der Waals surface area (Å²) in [5, 5.41) is 0. The molecule has 0 fully saturated rings. The van der Waals surface area contributed by atoms with Gasteiger partial charge in [0.05, 0.1) is 0 Å². The Kier molecular flexibility index (Phi) is 5.21. The first-order valence-electron chi connectivity index (χ1n) is 7.47. The number of hydrogen-bond acceptors (Lipinski definition) is 3. The van der Waals surface area contributed by atoms with Crippen LogP contribution in [0.25, 0.3) is 0 Å². The lowest BCUT2D eigenvalue weighted by atomic mass is 9.98. The fraction of sp³-hybridized carbons (Fsp3) is 0.316. The van der Waals surface area contributed by atoms with Gasteiger partial charge >= 0.3 is 6.16 Å². The van der Waals surface area contributed by atoms with Crippen molar-refractivity contribution in [1.29, 1.82) is 0 Å². The zero-order valence-corrected chi connectivity index (χ0v) is 13.6. The van der Waals surface area contributed by atoms with Crippen LogP contribution in [-0.2, 0) is 11.3 Å². The number of aryl methyl sites for hydroxylation is 2.